The minimum Gasteiger partial charge on any atom is -0.264 e. The molecular weight excluding hydrogens is 158 g/mol. The predicted octanol–water partition coefficient (Wildman–Crippen LogP) is 3.37. The molecule has 1 heterocycles. The van der Waals surface area contributed by atoms with E-state index in [1.165, 1.54) is 16.7 Å². The first kappa shape index (κ1) is 9.72. The van der Waals surface area contributed by atoms with Crippen molar-refractivity contribution in [2.75, 3.05) is 0 Å². The van der Waals surface area contributed by atoms with Crippen LogP contribution in [0.15, 0.2) is 36.2 Å². The molecule has 0 fully saturated rings. The fourth-order valence-corrected chi connectivity index (χ4v) is 1.18. The van der Waals surface area contributed by atoms with Crippen molar-refractivity contribution < 1.29 is 0 Å². The van der Waals surface area contributed by atoms with E-state index in [9.17, 15) is 0 Å². The zero-order chi connectivity index (χ0) is 9.68. The van der Waals surface area contributed by atoms with Crippen LogP contribution in [0.5, 0.6) is 0 Å². The number of aryl methyl sites for hydroxylation is 1. The number of hydrogen-bond donors (Lipinski definition) is 0. The second kappa shape index (κ2) is 4.61. The molecule has 0 aliphatic heterocycles. The van der Waals surface area contributed by atoms with Crippen LogP contribution in [0.25, 0.3) is 6.08 Å². The molecule has 1 aromatic rings. The van der Waals surface area contributed by atoms with E-state index >= 15 is 0 Å². The number of hydrogen-bond acceptors (Lipinski definition) is 1. The van der Waals surface area contributed by atoms with E-state index in [4.69, 9.17) is 0 Å². The van der Waals surface area contributed by atoms with Gasteiger partial charge in [-0.3, -0.25) is 4.98 Å². The first-order chi connectivity index (χ1) is 6.24. The normalized spacial score (nSPS) is 12.4. The highest BCUT2D eigenvalue weighted by molar-refractivity contribution is 5.57. The molecule has 0 amide bonds. The van der Waals surface area contributed by atoms with E-state index in [-0.39, 0.29) is 0 Å². The van der Waals surface area contributed by atoms with Gasteiger partial charge in [-0.05, 0) is 38.0 Å². The molecule has 0 bridgehead atoms. The summed E-state index contributed by atoms with van der Waals surface area (Å²) in [4.78, 5) is 4.09. The summed E-state index contributed by atoms with van der Waals surface area (Å²) in [6, 6.07) is 2.02. The summed E-state index contributed by atoms with van der Waals surface area (Å²) < 4.78 is 0. The van der Waals surface area contributed by atoms with E-state index in [1.807, 2.05) is 31.5 Å². The van der Waals surface area contributed by atoms with Crippen molar-refractivity contribution in [1.82, 2.24) is 4.98 Å². The average Bonchev–Trinajstić information content (AvgIpc) is 2.09. The van der Waals surface area contributed by atoms with Crippen molar-refractivity contribution >= 4 is 6.08 Å². The Morgan fingerprint density at radius 3 is 2.85 bits per heavy atom. The molecule has 0 saturated carbocycles. The van der Waals surface area contributed by atoms with Crippen LogP contribution in [0.3, 0.4) is 0 Å². The van der Waals surface area contributed by atoms with E-state index in [0.717, 1.165) is 0 Å². The average molecular weight is 173 g/mol. The first-order valence-corrected chi connectivity index (χ1v) is 4.45. The summed E-state index contributed by atoms with van der Waals surface area (Å²) in [5.74, 6) is 0. The van der Waals surface area contributed by atoms with Gasteiger partial charge in [-0.2, -0.15) is 0 Å². The third kappa shape index (κ3) is 2.86. The molecular formula is C12H15N. The van der Waals surface area contributed by atoms with Crippen molar-refractivity contribution in [2.45, 2.75) is 20.8 Å². The molecule has 0 N–H and O–H groups in total. The molecule has 0 atom stereocenters. The van der Waals surface area contributed by atoms with Gasteiger partial charge in [0.1, 0.15) is 0 Å². The van der Waals surface area contributed by atoms with Crippen LogP contribution < -0.4 is 0 Å². The maximum absolute atomic E-state index is 4.09. The van der Waals surface area contributed by atoms with Crippen LogP contribution in [-0.2, 0) is 0 Å². The quantitative estimate of drug-likeness (QED) is 0.625. The van der Waals surface area contributed by atoms with Gasteiger partial charge in [0.2, 0.25) is 0 Å². The van der Waals surface area contributed by atoms with Crippen LogP contribution in [-0.4, -0.2) is 4.98 Å². The van der Waals surface area contributed by atoms with Gasteiger partial charge in [-0.25, -0.2) is 0 Å². The Balaban J connectivity index is 2.97. The van der Waals surface area contributed by atoms with Gasteiger partial charge in [0, 0.05) is 12.4 Å². The molecule has 1 rings (SSSR count). The summed E-state index contributed by atoms with van der Waals surface area (Å²) in [5, 5.41) is 0. The molecule has 0 aromatic carbocycles. The van der Waals surface area contributed by atoms with Crippen molar-refractivity contribution in [2.24, 2.45) is 0 Å². The highest BCUT2D eigenvalue weighted by Gasteiger charge is 1.92. The number of rotatable bonds is 2. The number of allylic oxidation sites excluding steroid dienone is 3. The lowest BCUT2D eigenvalue weighted by Crippen LogP contribution is -1.82. The van der Waals surface area contributed by atoms with Gasteiger partial charge >= 0.3 is 0 Å². The van der Waals surface area contributed by atoms with Crippen LogP contribution >= 0.6 is 0 Å². The van der Waals surface area contributed by atoms with E-state index in [0.29, 0.717) is 0 Å². The van der Waals surface area contributed by atoms with Crippen molar-refractivity contribution in [3.63, 3.8) is 0 Å². The number of pyridine rings is 1. The van der Waals surface area contributed by atoms with Gasteiger partial charge in [-0.15, -0.1) is 0 Å². The minimum absolute atomic E-state index is 1.19. The van der Waals surface area contributed by atoms with Gasteiger partial charge in [-0.1, -0.05) is 23.8 Å². The largest absolute Gasteiger partial charge is 0.264 e. The minimum atomic E-state index is 1.19. The highest BCUT2D eigenvalue weighted by atomic mass is 14.6. The van der Waals surface area contributed by atoms with Gasteiger partial charge in [0.05, 0.1) is 0 Å². The zero-order valence-electron chi connectivity index (χ0n) is 8.41. The lowest BCUT2D eigenvalue weighted by Gasteiger charge is -1.98. The zero-order valence-corrected chi connectivity index (χ0v) is 8.41. The maximum Gasteiger partial charge on any atom is 0.0343 e. The summed E-state index contributed by atoms with van der Waals surface area (Å²) in [5.41, 5.74) is 3.70. The molecule has 0 spiro atoms. The number of aromatic nitrogens is 1. The molecule has 0 unspecified atom stereocenters. The monoisotopic (exact) mass is 173 g/mol. The van der Waals surface area contributed by atoms with Crippen LogP contribution in [0.2, 0.25) is 0 Å². The Kier molecular flexibility index (Phi) is 3.44. The van der Waals surface area contributed by atoms with E-state index < -0.39 is 0 Å². The topological polar surface area (TPSA) is 12.9 Å². The first-order valence-electron chi connectivity index (χ1n) is 4.45. The molecule has 1 heteroatoms. The molecule has 0 saturated heterocycles. The standard InChI is InChI=1S/C12H15N/c1-4-5-10(2)8-12-9-13-7-6-11(12)3/h4-9H,1-3H3/b5-4-,10-8-. The van der Waals surface area contributed by atoms with Crippen molar-refractivity contribution in [3.05, 3.63) is 47.3 Å². The van der Waals surface area contributed by atoms with Crippen molar-refractivity contribution in [1.29, 1.82) is 0 Å². The predicted molar refractivity (Wildman–Crippen MR) is 57.4 cm³/mol. The third-order valence-corrected chi connectivity index (χ3v) is 1.89. The Bertz CT molecular complexity index is 335. The molecule has 1 aromatic heterocycles. The Hall–Kier alpha value is -1.37. The molecule has 0 aliphatic carbocycles. The molecule has 68 valence electrons. The van der Waals surface area contributed by atoms with Crippen molar-refractivity contribution in [3.8, 4) is 0 Å². The Morgan fingerprint density at radius 2 is 2.23 bits per heavy atom. The van der Waals surface area contributed by atoms with Crippen LogP contribution in [0.4, 0.5) is 0 Å². The smallest absolute Gasteiger partial charge is 0.0343 e. The van der Waals surface area contributed by atoms with E-state index in [2.05, 4.69) is 31.0 Å². The third-order valence-electron chi connectivity index (χ3n) is 1.89. The second-order valence-electron chi connectivity index (χ2n) is 3.12. The molecule has 1 nitrogen and oxygen atoms in total. The highest BCUT2D eigenvalue weighted by Crippen LogP contribution is 2.10. The lowest BCUT2D eigenvalue weighted by atomic mass is 10.1. The fraction of sp³-hybridized carbons (Fsp3) is 0.250. The summed E-state index contributed by atoms with van der Waals surface area (Å²) >= 11 is 0. The summed E-state index contributed by atoms with van der Waals surface area (Å²) in [6.07, 6.45) is 9.98. The Morgan fingerprint density at radius 1 is 1.46 bits per heavy atom. The van der Waals surface area contributed by atoms with E-state index in [1.54, 1.807) is 0 Å². The van der Waals surface area contributed by atoms with Crippen LogP contribution in [0, 0.1) is 6.92 Å². The Labute approximate surface area is 79.8 Å². The summed E-state index contributed by atoms with van der Waals surface area (Å²) in [7, 11) is 0. The van der Waals surface area contributed by atoms with Gasteiger partial charge < -0.3 is 0 Å². The molecule has 13 heavy (non-hydrogen) atoms. The maximum atomic E-state index is 4.09. The lowest BCUT2D eigenvalue weighted by molar-refractivity contribution is 1.27. The van der Waals surface area contributed by atoms with Gasteiger partial charge in [0.15, 0.2) is 0 Å². The fourth-order valence-electron chi connectivity index (χ4n) is 1.18. The molecule has 0 aliphatic rings. The van der Waals surface area contributed by atoms with Crippen LogP contribution in [0.1, 0.15) is 25.0 Å². The van der Waals surface area contributed by atoms with Gasteiger partial charge in [0.25, 0.3) is 0 Å². The molecule has 0 radical (unpaired) electrons. The SMILES string of the molecule is C/C=C\C(C)=C/c1cnccc1C. The summed E-state index contributed by atoms with van der Waals surface area (Å²) in [6.45, 7) is 6.20. The number of nitrogens with zero attached hydrogens (tertiary/aromatic N) is 1. The second-order valence-corrected chi connectivity index (χ2v) is 3.12.